The molecule has 4 aromatic carbocycles. The zero-order valence-electron chi connectivity index (χ0n) is 44.8. The Bertz CT molecular complexity index is 3330. The predicted octanol–water partition coefficient (Wildman–Crippen LogP) is -20.6. The van der Waals surface area contributed by atoms with Gasteiger partial charge in [0.05, 0.1) is 41.0 Å². The number of aromatic nitrogens is 6. The summed E-state index contributed by atoms with van der Waals surface area (Å²) in [5.41, 5.74) is 1.41. The van der Waals surface area contributed by atoms with Crippen molar-refractivity contribution in [1.29, 1.82) is 0 Å². The van der Waals surface area contributed by atoms with Crippen molar-refractivity contribution in [3.8, 4) is 0 Å². The van der Waals surface area contributed by atoms with Gasteiger partial charge in [0.25, 0.3) is 11.8 Å². The van der Waals surface area contributed by atoms with Gasteiger partial charge >= 0.3 is 177 Å². The Morgan fingerprint density at radius 3 is 1.22 bits per heavy atom. The Morgan fingerprint density at radius 2 is 0.866 bits per heavy atom. The zero-order valence-corrected chi connectivity index (χ0v) is 58.5. The zero-order chi connectivity index (χ0) is 55.1. The second kappa shape index (κ2) is 37.7. The van der Waals surface area contributed by atoms with Gasteiger partial charge in [0.2, 0.25) is 35.7 Å². The molecule has 396 valence electrons. The van der Waals surface area contributed by atoms with Gasteiger partial charge in [-0.2, -0.15) is 34.2 Å². The third-order valence-corrected chi connectivity index (χ3v) is 11.4. The number of nitrogens with one attached hydrogen (secondary N) is 8. The summed E-state index contributed by atoms with van der Waals surface area (Å²) in [7, 11) is -2.39. The second-order valence-electron chi connectivity index (χ2n) is 15.1. The molecule has 0 saturated heterocycles. The summed E-state index contributed by atoms with van der Waals surface area (Å²) >= 11 is 0.394. The molecule has 6 aromatic rings. The first-order chi connectivity index (χ1) is 36.2. The molecule has 82 heavy (non-hydrogen) atoms. The van der Waals surface area contributed by atoms with E-state index >= 15 is 0 Å². The molecule has 0 spiro atoms. The molecule has 0 aliphatic rings. The smallest absolute Gasteiger partial charge is 0.744 e. The second-order valence-corrected chi connectivity index (χ2v) is 17.2. The molecule has 2 aromatic heterocycles. The SMILES string of the molecule is CNC(=O)c1ccc(Nc2nc(Nc3ccc(/C=C/c4ccc(Nc5nc(Nc6ccc(C(=O)NC)cc6)nc(NC(CC(=O)[O-])C(=O)[O-])n5)cc4S(=O)(=O)[O-])c(SOO[O-])c3)nc(NC(CC(=O)[O-])C(=O)[O-])n2)cc1.[Na+].[Na+].[Na+].[Na+].[Na+].[Na+]. The van der Waals surface area contributed by atoms with Crippen LogP contribution in [-0.2, 0) is 38.7 Å². The van der Waals surface area contributed by atoms with Crippen molar-refractivity contribution in [1.82, 2.24) is 40.5 Å². The average Bonchev–Trinajstić information content (AvgIpc) is 3.41. The fourth-order valence-corrected chi connectivity index (χ4v) is 7.57. The summed E-state index contributed by atoms with van der Waals surface area (Å²) in [6, 6.07) is 15.8. The van der Waals surface area contributed by atoms with Crippen molar-refractivity contribution in [3.05, 3.63) is 107 Å². The van der Waals surface area contributed by atoms with Crippen molar-refractivity contribution in [2.45, 2.75) is 34.7 Å². The Balaban J connectivity index is 0.0000109. The van der Waals surface area contributed by atoms with E-state index in [9.17, 15) is 67.4 Å². The van der Waals surface area contributed by atoms with E-state index in [1.165, 1.54) is 105 Å². The van der Waals surface area contributed by atoms with Gasteiger partial charge in [0.1, 0.15) is 10.1 Å². The van der Waals surface area contributed by atoms with Crippen LogP contribution in [0.2, 0.25) is 0 Å². The van der Waals surface area contributed by atoms with E-state index in [1.54, 1.807) is 0 Å². The van der Waals surface area contributed by atoms with Crippen LogP contribution in [0.5, 0.6) is 0 Å². The first kappa shape index (κ1) is 78.4. The van der Waals surface area contributed by atoms with Crippen molar-refractivity contribution in [2.24, 2.45) is 0 Å². The first-order valence-corrected chi connectivity index (χ1v) is 23.5. The minimum atomic E-state index is -5.27. The minimum Gasteiger partial charge on any atom is -0.744 e. The molecular weight excluding hydrogens is 1180 g/mol. The summed E-state index contributed by atoms with van der Waals surface area (Å²) in [6.07, 6.45) is 0.462. The number of hydrogen-bond acceptors (Lipinski definition) is 29. The molecule has 8 N–H and O–H groups in total. The molecule has 2 unspecified atom stereocenters. The van der Waals surface area contributed by atoms with Gasteiger partial charge in [-0.05, 0) is 83.9 Å². The monoisotopic (exact) mass is 1220 g/mol. The summed E-state index contributed by atoms with van der Waals surface area (Å²) < 4.78 is 42.7. The maximum absolute atomic E-state index is 12.7. The summed E-state index contributed by atoms with van der Waals surface area (Å²) in [6.45, 7) is 0. The van der Waals surface area contributed by atoms with E-state index in [-0.39, 0.29) is 240 Å². The van der Waals surface area contributed by atoms with E-state index in [0.717, 1.165) is 6.07 Å². The number of benzene rings is 4. The number of carboxylic acids is 4. The third kappa shape index (κ3) is 24.4. The third-order valence-electron chi connectivity index (χ3n) is 9.85. The Kier molecular flexibility index (Phi) is 36.1. The number of anilines is 10. The number of aliphatic carboxylic acids is 4. The maximum atomic E-state index is 12.7. The summed E-state index contributed by atoms with van der Waals surface area (Å²) in [5, 5.41) is 81.4. The summed E-state index contributed by atoms with van der Waals surface area (Å²) in [4.78, 5) is 94.3. The molecule has 2 amide bonds. The van der Waals surface area contributed by atoms with Crippen molar-refractivity contribution >= 4 is 128 Å². The van der Waals surface area contributed by atoms with Crippen LogP contribution in [0, 0.1) is 0 Å². The van der Waals surface area contributed by atoms with Gasteiger partial charge in [-0.1, -0.05) is 24.3 Å². The minimum absolute atomic E-state index is 0. The van der Waals surface area contributed by atoms with Gasteiger partial charge in [-0.15, -0.1) is 0 Å². The van der Waals surface area contributed by atoms with Crippen LogP contribution >= 0.6 is 12.0 Å². The number of carboxylic acid groups (broad SMARTS) is 4. The van der Waals surface area contributed by atoms with Crippen LogP contribution in [0.4, 0.5) is 58.4 Å². The fourth-order valence-electron chi connectivity index (χ4n) is 6.37. The molecule has 2 heterocycles. The quantitative estimate of drug-likeness (QED) is 0.00624. The van der Waals surface area contributed by atoms with Crippen molar-refractivity contribution in [3.63, 3.8) is 0 Å². The number of carbonyl (C=O) groups excluding carboxylic acids is 6. The van der Waals surface area contributed by atoms with Crippen LogP contribution in [-0.4, -0.2) is 105 Å². The molecule has 0 fully saturated rings. The molecule has 2 atom stereocenters. The number of amides is 2. The fraction of sp³-hybridized carbons (Fsp3) is 0.136. The molecule has 0 bridgehead atoms. The molecule has 0 saturated carbocycles. The molecule has 30 nitrogen and oxygen atoms in total. The van der Waals surface area contributed by atoms with Crippen LogP contribution in [0.15, 0.2) is 94.7 Å². The van der Waals surface area contributed by atoms with Gasteiger partial charge in [-0.25, -0.2) is 8.42 Å². The molecule has 0 aliphatic carbocycles. The Hall–Kier alpha value is -3.60. The number of hydrogen-bond donors (Lipinski definition) is 8. The molecule has 0 aliphatic heterocycles. The normalized spacial score (nSPS) is 11.0. The number of nitrogens with zero attached hydrogens (tertiary/aromatic N) is 6. The molecular formula is C44H36N14Na6O16S2. The molecule has 38 heteroatoms. The summed E-state index contributed by atoms with van der Waals surface area (Å²) in [5.74, 6) is -9.99. The van der Waals surface area contributed by atoms with Crippen LogP contribution < -0.4 is 246 Å². The van der Waals surface area contributed by atoms with Crippen LogP contribution in [0.1, 0.15) is 44.7 Å². The van der Waals surface area contributed by atoms with Crippen molar-refractivity contribution < 1.29 is 254 Å². The van der Waals surface area contributed by atoms with Gasteiger partial charge < -0.3 is 91.9 Å². The van der Waals surface area contributed by atoms with E-state index in [4.69, 9.17) is 0 Å². The standard InChI is InChI=1S/C44H42N14O16S2.6Na/c1-45-35(63)23-7-11-25(12-8-23)47-39-53-41(57-43(55-39)51-29(37(65)66)19-33(59)60)49-27-15-5-21(31(17-27)75-74-73-69)3-4-22-6-16-28(18-32(22)76(70,71)72)50-42-54-40(48-26-13-9-24(10-14-26)36(64)46-2)56-44(58-42)52-30(38(67)68)20-34(61)62;;;;;;/h3-18,29-30,69H,19-20H2,1-2H3,(H,45,63)(H,46,64)(H,59,60)(H,61,62)(H,65,66)(H,67,68)(H,70,71,72)(H3,47,49,51,53,55,57)(H3,48,50,52,54,56,58);;;;;;/q;6*+1/p-6/b4-3+;;;;;;. The number of rotatable bonds is 26. The average molecular weight is 1220 g/mol. The van der Waals surface area contributed by atoms with E-state index in [2.05, 4.69) is 81.8 Å². The molecule has 6 rings (SSSR count). The van der Waals surface area contributed by atoms with E-state index < -0.39 is 75.7 Å². The maximum Gasteiger partial charge on any atom is 1.00 e. The van der Waals surface area contributed by atoms with Crippen molar-refractivity contribution in [2.75, 3.05) is 46.0 Å². The van der Waals surface area contributed by atoms with Gasteiger partial charge in [0, 0.05) is 77.6 Å². The van der Waals surface area contributed by atoms with E-state index in [1.807, 2.05) is 0 Å². The Labute approximate surface area is 602 Å². The number of carbonyl (C=O) groups is 6. The largest absolute Gasteiger partial charge is 1.00 e. The van der Waals surface area contributed by atoms with E-state index in [0.29, 0.717) is 34.5 Å². The van der Waals surface area contributed by atoms with Gasteiger partial charge in [-0.3, -0.25) is 14.6 Å². The predicted molar refractivity (Wildman–Crippen MR) is 254 cm³/mol. The van der Waals surface area contributed by atoms with Crippen LogP contribution in [0.25, 0.3) is 12.2 Å². The Morgan fingerprint density at radius 1 is 0.524 bits per heavy atom. The first-order valence-electron chi connectivity index (χ1n) is 21.3. The van der Waals surface area contributed by atoms with Crippen LogP contribution in [0.3, 0.4) is 0 Å². The van der Waals surface area contributed by atoms with Gasteiger partial charge in [0.15, 0.2) is 0 Å². The molecule has 0 radical (unpaired) electrons. The topological polar surface area (TPSA) is 467 Å².